The van der Waals surface area contributed by atoms with Gasteiger partial charge in [0, 0.05) is 60.4 Å². The number of fused-ring (bicyclic) bond motifs is 1. The molecule has 0 fully saturated rings. The van der Waals surface area contributed by atoms with Gasteiger partial charge in [0.05, 0.1) is 29.1 Å². The van der Waals surface area contributed by atoms with Crippen LogP contribution in [0.2, 0.25) is 0 Å². The summed E-state index contributed by atoms with van der Waals surface area (Å²) in [6, 6.07) is 19.0. The Morgan fingerprint density at radius 3 is 2.31 bits per heavy atom. The molecule has 39 heavy (non-hydrogen) atoms. The van der Waals surface area contributed by atoms with Gasteiger partial charge in [-0.25, -0.2) is 14.3 Å². The van der Waals surface area contributed by atoms with Crippen LogP contribution in [-0.4, -0.2) is 50.4 Å². The molecule has 1 N–H and O–H groups in total. The van der Waals surface area contributed by atoms with Gasteiger partial charge >= 0.3 is 5.97 Å². The molecule has 0 bridgehead atoms. The minimum atomic E-state index is -3.99. The van der Waals surface area contributed by atoms with Crippen LogP contribution in [0.4, 0.5) is 5.69 Å². The van der Waals surface area contributed by atoms with Crippen LogP contribution in [-0.2, 0) is 21.4 Å². The SMILES string of the molecule is CCOC(=O)c1cc(-c2cc[n+](CCCS(=O)(=O)O)cc2)nc2ccc(C#Cc3ccc(N(C)C)cc3)cc12. The second kappa shape index (κ2) is 12.1. The molecule has 0 saturated carbocycles. The first-order valence-electron chi connectivity index (χ1n) is 12.5. The van der Waals surface area contributed by atoms with E-state index in [9.17, 15) is 13.2 Å². The molecule has 8 nitrogen and oxygen atoms in total. The summed E-state index contributed by atoms with van der Waals surface area (Å²) < 4.78 is 38.0. The number of hydrogen-bond acceptors (Lipinski definition) is 6. The minimum absolute atomic E-state index is 0.245. The Bertz CT molecular complexity index is 1650. The second-order valence-electron chi connectivity index (χ2n) is 9.16. The lowest BCUT2D eigenvalue weighted by Gasteiger charge is -2.11. The van der Waals surface area contributed by atoms with Gasteiger partial charge in [-0.2, -0.15) is 8.42 Å². The van der Waals surface area contributed by atoms with Gasteiger partial charge < -0.3 is 9.64 Å². The highest BCUT2D eigenvalue weighted by Gasteiger charge is 2.16. The molecule has 0 aliphatic rings. The molecule has 200 valence electrons. The smallest absolute Gasteiger partial charge is 0.338 e. The third kappa shape index (κ3) is 7.41. The van der Waals surface area contributed by atoms with Crippen molar-refractivity contribution in [2.75, 3.05) is 31.4 Å². The minimum Gasteiger partial charge on any atom is -0.462 e. The normalized spacial score (nSPS) is 11.1. The fourth-order valence-electron chi connectivity index (χ4n) is 4.02. The van der Waals surface area contributed by atoms with Gasteiger partial charge in [0.15, 0.2) is 12.4 Å². The lowest BCUT2D eigenvalue weighted by atomic mass is 10.0. The molecule has 4 rings (SSSR count). The highest BCUT2D eigenvalue weighted by atomic mass is 32.2. The van der Waals surface area contributed by atoms with Crippen molar-refractivity contribution in [3.05, 3.63) is 89.7 Å². The molecule has 0 atom stereocenters. The van der Waals surface area contributed by atoms with E-state index in [1.165, 1.54) is 0 Å². The van der Waals surface area contributed by atoms with Crippen molar-refractivity contribution in [3.63, 3.8) is 0 Å². The average molecular weight is 545 g/mol. The van der Waals surface area contributed by atoms with E-state index in [1.54, 1.807) is 25.4 Å². The van der Waals surface area contributed by atoms with E-state index in [-0.39, 0.29) is 18.8 Å². The molecule has 0 amide bonds. The zero-order chi connectivity index (χ0) is 28.0. The summed E-state index contributed by atoms with van der Waals surface area (Å²) >= 11 is 0. The Morgan fingerprint density at radius 2 is 1.67 bits per heavy atom. The predicted octanol–water partition coefficient (Wildman–Crippen LogP) is 4.11. The molecule has 0 unspecified atom stereocenters. The number of carbonyl (C=O) groups excluding carboxylic acids is 1. The van der Waals surface area contributed by atoms with Gasteiger partial charge in [0.2, 0.25) is 0 Å². The quantitative estimate of drug-likeness (QED) is 0.154. The third-order valence-electron chi connectivity index (χ3n) is 6.04. The van der Waals surface area contributed by atoms with Crippen molar-refractivity contribution in [2.24, 2.45) is 0 Å². The molecule has 9 heteroatoms. The monoisotopic (exact) mass is 544 g/mol. The average Bonchev–Trinajstić information content (AvgIpc) is 2.91. The van der Waals surface area contributed by atoms with Crippen molar-refractivity contribution in [2.45, 2.75) is 19.9 Å². The van der Waals surface area contributed by atoms with Crippen molar-refractivity contribution in [1.82, 2.24) is 4.98 Å². The number of anilines is 1. The first-order valence-corrected chi connectivity index (χ1v) is 14.1. The highest BCUT2D eigenvalue weighted by Crippen LogP contribution is 2.26. The number of pyridine rings is 2. The molecule has 0 aliphatic carbocycles. The Hall–Kier alpha value is -4.26. The van der Waals surface area contributed by atoms with E-state index in [0.717, 1.165) is 22.4 Å². The Labute approximate surface area is 228 Å². The second-order valence-corrected chi connectivity index (χ2v) is 10.7. The van der Waals surface area contributed by atoms with Crippen LogP contribution in [0.25, 0.3) is 22.2 Å². The molecule has 0 radical (unpaired) electrons. The first kappa shape index (κ1) is 27.8. The van der Waals surface area contributed by atoms with Crippen LogP contribution in [0.3, 0.4) is 0 Å². The molecular weight excluding hydrogens is 514 g/mol. The Morgan fingerprint density at radius 1 is 1.00 bits per heavy atom. The van der Waals surface area contributed by atoms with Crippen molar-refractivity contribution >= 4 is 32.7 Å². The topological polar surface area (TPSA) is 101 Å². The zero-order valence-corrected chi connectivity index (χ0v) is 22.9. The number of hydrogen-bond donors (Lipinski definition) is 1. The standard InChI is InChI=1S/C30H29N3O5S/c1-4-38-30(34)27-21-29(24-14-17-33(18-15-24)16-5-19-39(35,36)37)31-28-13-10-23(20-26(27)28)7-6-22-8-11-25(12-9-22)32(2)3/h8-15,17-18,20-21H,4-5,16,19H2,1-3H3/p+1. The summed E-state index contributed by atoms with van der Waals surface area (Å²) in [5.74, 6) is 5.62. The van der Waals surface area contributed by atoms with Crippen LogP contribution < -0.4 is 9.47 Å². The highest BCUT2D eigenvalue weighted by molar-refractivity contribution is 7.85. The van der Waals surface area contributed by atoms with Gasteiger partial charge in [0.1, 0.15) is 6.54 Å². The van der Waals surface area contributed by atoms with Gasteiger partial charge in [-0.15, -0.1) is 0 Å². The summed E-state index contributed by atoms with van der Waals surface area (Å²) in [6.45, 7) is 2.44. The first-order chi connectivity index (χ1) is 18.6. The number of carbonyl (C=O) groups is 1. The maximum absolute atomic E-state index is 12.9. The van der Waals surface area contributed by atoms with E-state index >= 15 is 0 Å². The number of aromatic nitrogens is 2. The summed E-state index contributed by atoms with van der Waals surface area (Å²) in [5.41, 5.74) is 5.18. The van der Waals surface area contributed by atoms with Gasteiger partial charge in [0.25, 0.3) is 10.1 Å². The summed E-state index contributed by atoms with van der Waals surface area (Å²) in [5, 5.41) is 0.656. The molecule has 0 saturated heterocycles. The molecular formula is C30H30N3O5S+. The van der Waals surface area contributed by atoms with Gasteiger partial charge in [-0.1, -0.05) is 11.8 Å². The van der Waals surface area contributed by atoms with Crippen LogP contribution in [0.1, 0.15) is 34.8 Å². The number of nitrogens with zero attached hydrogens (tertiary/aromatic N) is 3. The molecule has 2 aromatic carbocycles. The van der Waals surface area contributed by atoms with E-state index in [4.69, 9.17) is 14.3 Å². The van der Waals surface area contributed by atoms with Crippen molar-refractivity contribution < 1.29 is 27.1 Å². The van der Waals surface area contributed by atoms with E-state index in [1.807, 2.05) is 78.2 Å². The van der Waals surface area contributed by atoms with Gasteiger partial charge in [-0.05, 0) is 55.5 Å². The van der Waals surface area contributed by atoms with Crippen LogP contribution >= 0.6 is 0 Å². The third-order valence-corrected chi connectivity index (χ3v) is 6.85. The molecule has 2 heterocycles. The largest absolute Gasteiger partial charge is 0.462 e. The van der Waals surface area contributed by atoms with E-state index in [0.29, 0.717) is 28.7 Å². The maximum Gasteiger partial charge on any atom is 0.338 e. The number of benzene rings is 2. The molecule has 0 aliphatic heterocycles. The Kier molecular flexibility index (Phi) is 8.59. The Balaban J connectivity index is 1.65. The van der Waals surface area contributed by atoms with E-state index < -0.39 is 16.1 Å². The number of esters is 1. The number of aryl methyl sites for hydroxylation is 1. The summed E-state index contributed by atoms with van der Waals surface area (Å²) in [4.78, 5) is 19.7. The molecule has 2 aromatic heterocycles. The maximum atomic E-state index is 12.9. The van der Waals surface area contributed by atoms with Crippen LogP contribution in [0.15, 0.2) is 73.1 Å². The number of ether oxygens (including phenoxy) is 1. The summed E-state index contributed by atoms with van der Waals surface area (Å²) in [6.07, 6.45) is 3.90. The molecule has 0 spiro atoms. The van der Waals surface area contributed by atoms with Crippen LogP contribution in [0.5, 0.6) is 0 Å². The lowest BCUT2D eigenvalue weighted by Crippen LogP contribution is -2.33. The number of rotatable bonds is 8. The van der Waals surface area contributed by atoms with Gasteiger partial charge in [-0.3, -0.25) is 4.55 Å². The zero-order valence-electron chi connectivity index (χ0n) is 22.1. The van der Waals surface area contributed by atoms with Crippen molar-refractivity contribution in [1.29, 1.82) is 0 Å². The van der Waals surface area contributed by atoms with E-state index in [2.05, 4.69) is 11.8 Å². The summed E-state index contributed by atoms with van der Waals surface area (Å²) in [7, 11) is -0.0115. The molecule has 4 aromatic rings. The fourth-order valence-corrected chi connectivity index (χ4v) is 4.52. The van der Waals surface area contributed by atoms with Crippen molar-refractivity contribution in [3.8, 4) is 23.1 Å². The fraction of sp³-hybridized carbons (Fsp3) is 0.233. The predicted molar refractivity (Wildman–Crippen MR) is 151 cm³/mol. The van der Waals surface area contributed by atoms with Crippen LogP contribution in [0, 0.1) is 11.8 Å². The lowest BCUT2D eigenvalue weighted by molar-refractivity contribution is -0.696.